The van der Waals surface area contributed by atoms with Crippen LogP contribution in [0.4, 0.5) is 4.39 Å². The molecule has 1 aliphatic carbocycles. The van der Waals surface area contributed by atoms with Crippen molar-refractivity contribution in [2.75, 3.05) is 0 Å². The minimum Gasteiger partial charge on any atom is -0.294 e. The van der Waals surface area contributed by atoms with Crippen molar-refractivity contribution in [3.63, 3.8) is 0 Å². The van der Waals surface area contributed by atoms with Crippen LogP contribution >= 0.6 is 0 Å². The molecule has 90 valence electrons. The van der Waals surface area contributed by atoms with Gasteiger partial charge in [0.15, 0.2) is 5.78 Å². The van der Waals surface area contributed by atoms with E-state index < -0.39 is 0 Å². The van der Waals surface area contributed by atoms with Gasteiger partial charge in [-0.15, -0.1) is 0 Å². The lowest BCUT2D eigenvalue weighted by Crippen LogP contribution is -2.04. The Morgan fingerprint density at radius 3 is 2.76 bits per heavy atom. The van der Waals surface area contributed by atoms with Gasteiger partial charge >= 0.3 is 0 Å². The summed E-state index contributed by atoms with van der Waals surface area (Å²) in [6, 6.07) is 4.53. The fourth-order valence-corrected chi connectivity index (χ4v) is 2.27. The van der Waals surface area contributed by atoms with Gasteiger partial charge in [0.05, 0.1) is 0 Å². The average Bonchev–Trinajstić information content (AvgIpc) is 2.29. The number of halogens is 1. The molecule has 1 aromatic carbocycles. The predicted octanol–water partition coefficient (Wildman–Crippen LogP) is 4.21. The van der Waals surface area contributed by atoms with Crippen molar-refractivity contribution in [1.29, 1.82) is 0 Å². The molecular formula is C15H17FO. The lowest BCUT2D eigenvalue weighted by molar-refractivity contribution is 0.0991. The van der Waals surface area contributed by atoms with Gasteiger partial charge in [0.2, 0.25) is 0 Å². The fraction of sp³-hybridized carbons (Fsp3) is 0.400. The highest BCUT2D eigenvalue weighted by Crippen LogP contribution is 2.22. The highest BCUT2D eigenvalue weighted by Gasteiger charge is 2.12. The Morgan fingerprint density at radius 2 is 2.12 bits per heavy atom. The lowest BCUT2D eigenvalue weighted by Gasteiger charge is -2.12. The van der Waals surface area contributed by atoms with Crippen LogP contribution < -0.4 is 0 Å². The molecule has 0 radical (unpaired) electrons. The first-order valence-electron chi connectivity index (χ1n) is 6.13. The van der Waals surface area contributed by atoms with Crippen LogP contribution in [0, 0.1) is 12.7 Å². The Kier molecular flexibility index (Phi) is 3.72. The molecule has 0 saturated heterocycles. The van der Waals surface area contributed by atoms with Gasteiger partial charge in [-0.3, -0.25) is 4.79 Å². The maximum Gasteiger partial charge on any atom is 0.167 e. The third kappa shape index (κ3) is 3.26. The van der Waals surface area contributed by atoms with Crippen LogP contribution in [0.15, 0.2) is 29.8 Å². The number of hydrogen-bond donors (Lipinski definition) is 0. The van der Waals surface area contributed by atoms with E-state index in [0.29, 0.717) is 12.0 Å². The van der Waals surface area contributed by atoms with Crippen molar-refractivity contribution in [1.82, 2.24) is 0 Å². The van der Waals surface area contributed by atoms with E-state index in [1.807, 2.05) is 0 Å². The highest BCUT2D eigenvalue weighted by molar-refractivity contribution is 5.97. The van der Waals surface area contributed by atoms with Crippen molar-refractivity contribution in [3.8, 4) is 0 Å². The summed E-state index contributed by atoms with van der Waals surface area (Å²) in [4.78, 5) is 12.0. The molecular weight excluding hydrogens is 215 g/mol. The van der Waals surface area contributed by atoms with Gasteiger partial charge in [-0.1, -0.05) is 11.6 Å². The van der Waals surface area contributed by atoms with Crippen LogP contribution in [0.5, 0.6) is 0 Å². The largest absolute Gasteiger partial charge is 0.294 e. The molecule has 2 heteroatoms. The molecule has 0 saturated carbocycles. The first-order valence-corrected chi connectivity index (χ1v) is 6.13. The second-order valence-electron chi connectivity index (χ2n) is 4.73. The molecule has 1 aliphatic rings. The van der Waals surface area contributed by atoms with E-state index in [9.17, 15) is 9.18 Å². The molecule has 0 amide bonds. The number of ketones is 1. The molecule has 0 N–H and O–H groups in total. The molecule has 2 rings (SSSR count). The Hall–Kier alpha value is -1.44. The first kappa shape index (κ1) is 12.0. The van der Waals surface area contributed by atoms with Gasteiger partial charge in [-0.2, -0.15) is 0 Å². The normalized spacial score (nSPS) is 15.5. The third-order valence-corrected chi connectivity index (χ3v) is 3.14. The monoisotopic (exact) mass is 232 g/mol. The molecule has 17 heavy (non-hydrogen) atoms. The van der Waals surface area contributed by atoms with Crippen LogP contribution in [-0.2, 0) is 0 Å². The smallest absolute Gasteiger partial charge is 0.167 e. The van der Waals surface area contributed by atoms with Crippen molar-refractivity contribution < 1.29 is 9.18 Å². The van der Waals surface area contributed by atoms with Gasteiger partial charge in [0.25, 0.3) is 0 Å². The molecule has 0 bridgehead atoms. The summed E-state index contributed by atoms with van der Waals surface area (Å²) in [5, 5.41) is 0. The molecule has 0 spiro atoms. The highest BCUT2D eigenvalue weighted by atomic mass is 19.1. The summed E-state index contributed by atoms with van der Waals surface area (Å²) in [5.74, 6) is -0.299. The van der Waals surface area contributed by atoms with Crippen molar-refractivity contribution in [3.05, 3.63) is 46.8 Å². The van der Waals surface area contributed by atoms with E-state index in [1.165, 1.54) is 30.5 Å². The molecule has 1 aromatic rings. The summed E-state index contributed by atoms with van der Waals surface area (Å²) < 4.78 is 13.2. The Bertz CT molecular complexity index is 440. The van der Waals surface area contributed by atoms with Crippen molar-refractivity contribution >= 4 is 5.78 Å². The van der Waals surface area contributed by atoms with E-state index in [0.717, 1.165) is 18.4 Å². The summed E-state index contributed by atoms with van der Waals surface area (Å²) >= 11 is 0. The second kappa shape index (κ2) is 5.26. The third-order valence-electron chi connectivity index (χ3n) is 3.14. The van der Waals surface area contributed by atoms with Gasteiger partial charge in [-0.05, 0) is 56.4 Å². The molecule has 0 aliphatic heterocycles. The lowest BCUT2D eigenvalue weighted by atomic mass is 9.93. The number of Topliss-reactive ketones (excluding diaryl/α,β-unsaturated/α-hetero) is 1. The number of aryl methyl sites for hydroxylation is 1. The quantitative estimate of drug-likeness (QED) is 0.563. The summed E-state index contributed by atoms with van der Waals surface area (Å²) in [6.45, 7) is 1.81. The molecule has 0 heterocycles. The number of rotatable bonds is 3. The Labute approximate surface area is 101 Å². The topological polar surface area (TPSA) is 17.1 Å². The molecule has 0 unspecified atom stereocenters. The van der Waals surface area contributed by atoms with E-state index in [2.05, 4.69) is 6.08 Å². The predicted molar refractivity (Wildman–Crippen MR) is 66.6 cm³/mol. The Morgan fingerprint density at radius 1 is 1.29 bits per heavy atom. The number of carbonyl (C=O) groups excluding carboxylic acids is 1. The zero-order chi connectivity index (χ0) is 12.3. The number of benzene rings is 1. The fourth-order valence-electron chi connectivity index (χ4n) is 2.27. The maximum atomic E-state index is 13.2. The standard InChI is InChI=1S/C15H17FO/c1-11-7-13(10-14(16)8-11)15(17)9-12-5-3-2-4-6-12/h5,7-8,10H,2-4,6,9H2,1H3. The number of carbonyl (C=O) groups is 1. The maximum absolute atomic E-state index is 13.2. The summed E-state index contributed by atoms with van der Waals surface area (Å²) in [5.41, 5.74) is 2.50. The van der Waals surface area contributed by atoms with E-state index in [-0.39, 0.29) is 11.6 Å². The molecule has 0 aromatic heterocycles. The summed E-state index contributed by atoms with van der Waals surface area (Å²) in [6.07, 6.45) is 7.08. The van der Waals surface area contributed by atoms with E-state index in [1.54, 1.807) is 13.0 Å². The van der Waals surface area contributed by atoms with Crippen molar-refractivity contribution in [2.45, 2.75) is 39.0 Å². The van der Waals surface area contributed by atoms with Gasteiger partial charge < -0.3 is 0 Å². The van der Waals surface area contributed by atoms with Crippen LogP contribution in [0.2, 0.25) is 0 Å². The zero-order valence-corrected chi connectivity index (χ0v) is 10.1. The van der Waals surface area contributed by atoms with Crippen LogP contribution in [0.3, 0.4) is 0 Å². The Balaban J connectivity index is 2.11. The SMILES string of the molecule is Cc1cc(F)cc(C(=O)CC2=CCCCC2)c1. The number of hydrogen-bond acceptors (Lipinski definition) is 1. The molecule has 1 nitrogen and oxygen atoms in total. The minimum atomic E-state index is -0.328. The second-order valence-corrected chi connectivity index (χ2v) is 4.73. The van der Waals surface area contributed by atoms with Gasteiger partial charge in [-0.25, -0.2) is 4.39 Å². The average molecular weight is 232 g/mol. The van der Waals surface area contributed by atoms with Gasteiger partial charge in [0, 0.05) is 12.0 Å². The number of allylic oxidation sites excluding steroid dienone is 2. The van der Waals surface area contributed by atoms with Crippen LogP contribution in [0.25, 0.3) is 0 Å². The van der Waals surface area contributed by atoms with Crippen LogP contribution in [0.1, 0.15) is 48.0 Å². The van der Waals surface area contributed by atoms with Crippen LogP contribution in [-0.4, -0.2) is 5.78 Å². The minimum absolute atomic E-state index is 0.0285. The zero-order valence-electron chi connectivity index (χ0n) is 10.1. The van der Waals surface area contributed by atoms with Gasteiger partial charge in [0.1, 0.15) is 5.82 Å². The summed E-state index contributed by atoms with van der Waals surface area (Å²) in [7, 11) is 0. The van der Waals surface area contributed by atoms with E-state index >= 15 is 0 Å². The molecule has 0 atom stereocenters. The molecule has 0 fully saturated rings. The first-order chi connectivity index (χ1) is 8.15. The van der Waals surface area contributed by atoms with E-state index in [4.69, 9.17) is 0 Å². The van der Waals surface area contributed by atoms with Crippen molar-refractivity contribution in [2.24, 2.45) is 0 Å².